The molecule has 1 aliphatic heterocycles. The molecule has 0 saturated carbocycles. The molecule has 2 heterocycles. The van der Waals surface area contributed by atoms with Crippen LogP contribution >= 0.6 is 0 Å². The van der Waals surface area contributed by atoms with E-state index in [0.29, 0.717) is 12.4 Å². The smallest absolute Gasteiger partial charge is 0.324 e. The van der Waals surface area contributed by atoms with Crippen LogP contribution in [0.25, 0.3) is 0 Å². The van der Waals surface area contributed by atoms with Crippen molar-refractivity contribution in [3.63, 3.8) is 0 Å². The monoisotopic (exact) mass is 362 g/mol. The summed E-state index contributed by atoms with van der Waals surface area (Å²) in [6, 6.07) is 18.3. The number of nitrogens with one attached hydrogen (secondary N) is 3. The molecule has 2 aromatic carbocycles. The Morgan fingerprint density at radius 2 is 1.78 bits per heavy atom. The SMILES string of the molecule is O=C(Nc1ccccc1)Nc1ccc(NCc2ccc3c(c2)OCO3)cn1. The summed E-state index contributed by atoms with van der Waals surface area (Å²) < 4.78 is 10.7. The van der Waals surface area contributed by atoms with Crippen molar-refractivity contribution < 1.29 is 14.3 Å². The maximum atomic E-state index is 12.0. The van der Waals surface area contributed by atoms with Gasteiger partial charge in [0, 0.05) is 12.2 Å². The highest BCUT2D eigenvalue weighted by Crippen LogP contribution is 2.32. The van der Waals surface area contributed by atoms with Gasteiger partial charge in [0.25, 0.3) is 0 Å². The van der Waals surface area contributed by atoms with E-state index in [2.05, 4.69) is 20.9 Å². The van der Waals surface area contributed by atoms with E-state index in [4.69, 9.17) is 9.47 Å². The number of hydrogen-bond acceptors (Lipinski definition) is 5. The molecule has 1 aromatic heterocycles. The molecule has 0 fully saturated rings. The third kappa shape index (κ3) is 4.27. The molecule has 4 rings (SSSR count). The molecular weight excluding hydrogens is 344 g/mol. The van der Waals surface area contributed by atoms with Crippen molar-refractivity contribution >= 4 is 23.2 Å². The van der Waals surface area contributed by atoms with E-state index in [9.17, 15) is 4.79 Å². The molecule has 7 nitrogen and oxygen atoms in total. The number of carbonyl (C=O) groups is 1. The van der Waals surface area contributed by atoms with Crippen molar-refractivity contribution in [3.8, 4) is 11.5 Å². The summed E-state index contributed by atoms with van der Waals surface area (Å²) in [5.41, 5.74) is 2.64. The number of urea groups is 1. The Bertz CT molecular complexity index is 930. The number of fused-ring (bicyclic) bond motifs is 1. The molecule has 3 aromatic rings. The van der Waals surface area contributed by atoms with Crippen LogP contribution in [-0.4, -0.2) is 17.8 Å². The highest BCUT2D eigenvalue weighted by Gasteiger charge is 2.13. The van der Waals surface area contributed by atoms with Gasteiger partial charge in [-0.3, -0.25) is 5.32 Å². The molecule has 7 heteroatoms. The Kier molecular flexibility index (Phi) is 4.74. The first-order chi connectivity index (χ1) is 13.3. The van der Waals surface area contributed by atoms with Gasteiger partial charge in [-0.1, -0.05) is 24.3 Å². The van der Waals surface area contributed by atoms with Gasteiger partial charge in [0.2, 0.25) is 6.79 Å². The van der Waals surface area contributed by atoms with E-state index in [1.807, 2.05) is 54.6 Å². The highest BCUT2D eigenvalue weighted by atomic mass is 16.7. The number of anilines is 3. The van der Waals surface area contributed by atoms with Crippen molar-refractivity contribution in [1.82, 2.24) is 4.98 Å². The fourth-order valence-corrected chi connectivity index (χ4v) is 2.63. The van der Waals surface area contributed by atoms with E-state index in [1.165, 1.54) is 0 Å². The maximum absolute atomic E-state index is 12.0. The third-order valence-corrected chi connectivity index (χ3v) is 3.97. The highest BCUT2D eigenvalue weighted by molar-refractivity contribution is 5.99. The molecule has 0 radical (unpaired) electrons. The molecule has 1 aliphatic rings. The summed E-state index contributed by atoms with van der Waals surface area (Å²) in [6.07, 6.45) is 1.67. The van der Waals surface area contributed by atoms with Crippen molar-refractivity contribution in [2.45, 2.75) is 6.54 Å². The van der Waals surface area contributed by atoms with Crippen LogP contribution in [0.15, 0.2) is 66.9 Å². The molecule has 27 heavy (non-hydrogen) atoms. The lowest BCUT2D eigenvalue weighted by Gasteiger charge is -2.09. The van der Waals surface area contributed by atoms with Gasteiger partial charge in [0.15, 0.2) is 11.5 Å². The lowest BCUT2D eigenvalue weighted by Crippen LogP contribution is -2.19. The fraction of sp³-hybridized carbons (Fsp3) is 0.100. The Hall–Kier alpha value is -3.74. The normalized spacial score (nSPS) is 11.7. The first-order valence-corrected chi connectivity index (χ1v) is 8.48. The zero-order valence-corrected chi connectivity index (χ0v) is 14.4. The number of pyridine rings is 1. The fourth-order valence-electron chi connectivity index (χ4n) is 2.63. The Balaban J connectivity index is 1.30. The number of carbonyl (C=O) groups excluding carboxylic acids is 1. The topological polar surface area (TPSA) is 84.5 Å². The third-order valence-electron chi connectivity index (χ3n) is 3.97. The van der Waals surface area contributed by atoms with Crippen molar-refractivity contribution in [3.05, 3.63) is 72.4 Å². The lowest BCUT2D eigenvalue weighted by molar-refractivity contribution is 0.174. The van der Waals surface area contributed by atoms with E-state index in [0.717, 1.165) is 28.4 Å². The summed E-state index contributed by atoms with van der Waals surface area (Å²) in [5, 5.41) is 8.73. The molecule has 3 N–H and O–H groups in total. The number of benzene rings is 2. The zero-order valence-electron chi connectivity index (χ0n) is 14.4. The number of amides is 2. The molecule has 0 aliphatic carbocycles. The molecular formula is C20H18N4O3. The minimum absolute atomic E-state index is 0.266. The number of para-hydroxylation sites is 1. The second kappa shape index (κ2) is 7.65. The number of hydrogen-bond donors (Lipinski definition) is 3. The van der Waals surface area contributed by atoms with Crippen molar-refractivity contribution in [2.75, 3.05) is 22.7 Å². The maximum Gasteiger partial charge on any atom is 0.324 e. The summed E-state index contributed by atoms with van der Waals surface area (Å²) in [6.45, 7) is 0.891. The second-order valence-electron chi connectivity index (χ2n) is 5.92. The van der Waals surface area contributed by atoms with Crippen molar-refractivity contribution in [1.29, 1.82) is 0 Å². The molecule has 0 unspecified atom stereocenters. The predicted octanol–water partition coefficient (Wildman–Crippen LogP) is 4.07. The van der Waals surface area contributed by atoms with Gasteiger partial charge >= 0.3 is 6.03 Å². The average molecular weight is 362 g/mol. The second-order valence-corrected chi connectivity index (χ2v) is 5.92. The number of rotatable bonds is 5. The van der Waals surface area contributed by atoms with E-state index < -0.39 is 0 Å². The summed E-state index contributed by atoms with van der Waals surface area (Å²) in [4.78, 5) is 16.2. The van der Waals surface area contributed by atoms with Gasteiger partial charge < -0.3 is 20.1 Å². The van der Waals surface area contributed by atoms with Gasteiger partial charge in [-0.15, -0.1) is 0 Å². The van der Waals surface area contributed by atoms with Crippen LogP contribution in [0, 0.1) is 0 Å². The van der Waals surface area contributed by atoms with Gasteiger partial charge in [-0.2, -0.15) is 0 Å². The van der Waals surface area contributed by atoms with E-state index in [-0.39, 0.29) is 12.8 Å². The standard InChI is InChI=1S/C20H18N4O3/c25-20(23-15-4-2-1-3-5-15)24-19-9-7-16(12-22-19)21-11-14-6-8-17-18(10-14)27-13-26-17/h1-10,12,21H,11,13H2,(H2,22,23,24,25). The van der Waals surface area contributed by atoms with Crippen LogP contribution in [0.5, 0.6) is 11.5 Å². The van der Waals surface area contributed by atoms with Crippen LogP contribution in [-0.2, 0) is 6.54 Å². The van der Waals surface area contributed by atoms with Gasteiger partial charge in [-0.05, 0) is 42.0 Å². The number of ether oxygens (including phenoxy) is 2. The predicted molar refractivity (Wildman–Crippen MR) is 103 cm³/mol. The molecule has 0 spiro atoms. The minimum Gasteiger partial charge on any atom is -0.454 e. The first kappa shape index (κ1) is 16.7. The Labute approximate surface area is 156 Å². The quantitative estimate of drug-likeness (QED) is 0.637. The lowest BCUT2D eigenvalue weighted by atomic mass is 10.2. The molecule has 0 saturated heterocycles. The Morgan fingerprint density at radius 1 is 0.926 bits per heavy atom. The minimum atomic E-state index is -0.338. The van der Waals surface area contributed by atoms with Crippen LogP contribution < -0.4 is 25.4 Å². The van der Waals surface area contributed by atoms with E-state index in [1.54, 1.807) is 12.3 Å². The number of nitrogens with zero attached hydrogens (tertiary/aromatic N) is 1. The zero-order chi connectivity index (χ0) is 18.5. The molecule has 2 amide bonds. The molecule has 0 bridgehead atoms. The summed E-state index contributed by atoms with van der Waals surface area (Å²) in [5.74, 6) is 2.00. The van der Waals surface area contributed by atoms with Crippen molar-refractivity contribution in [2.24, 2.45) is 0 Å². The van der Waals surface area contributed by atoms with Gasteiger partial charge in [0.05, 0.1) is 11.9 Å². The summed E-state index contributed by atoms with van der Waals surface area (Å²) >= 11 is 0. The van der Waals surface area contributed by atoms with Gasteiger partial charge in [-0.25, -0.2) is 9.78 Å². The van der Waals surface area contributed by atoms with Crippen LogP contribution in [0.2, 0.25) is 0 Å². The van der Waals surface area contributed by atoms with E-state index >= 15 is 0 Å². The first-order valence-electron chi connectivity index (χ1n) is 8.48. The molecule has 136 valence electrons. The van der Waals surface area contributed by atoms with Crippen LogP contribution in [0.4, 0.5) is 22.0 Å². The molecule has 0 atom stereocenters. The number of aromatic nitrogens is 1. The van der Waals surface area contributed by atoms with Crippen LogP contribution in [0.1, 0.15) is 5.56 Å². The largest absolute Gasteiger partial charge is 0.454 e. The summed E-state index contributed by atoms with van der Waals surface area (Å²) in [7, 11) is 0. The Morgan fingerprint density at radius 3 is 2.59 bits per heavy atom. The van der Waals surface area contributed by atoms with Gasteiger partial charge in [0.1, 0.15) is 5.82 Å². The van der Waals surface area contributed by atoms with Crippen LogP contribution in [0.3, 0.4) is 0 Å². The average Bonchev–Trinajstić information content (AvgIpc) is 3.16.